The molecule has 0 heterocycles. The lowest BCUT2D eigenvalue weighted by atomic mass is 9.78. The average molecular weight is 297 g/mol. The molecule has 0 aliphatic heterocycles. The van der Waals surface area contributed by atoms with Crippen LogP contribution in [0.3, 0.4) is 0 Å². The molecule has 0 N–H and O–H groups in total. The molecule has 0 aliphatic rings. The number of hydrogen-bond donors (Lipinski definition) is 0. The van der Waals surface area contributed by atoms with Gasteiger partial charge in [0, 0.05) is 17.2 Å². The molecule has 0 nitrogen and oxygen atoms in total. The van der Waals surface area contributed by atoms with Crippen molar-refractivity contribution in [3.05, 3.63) is 71.5 Å². The molecule has 0 aliphatic carbocycles. The van der Waals surface area contributed by atoms with Crippen molar-refractivity contribution in [3.8, 4) is 0 Å². The summed E-state index contributed by atoms with van der Waals surface area (Å²) in [4.78, 5) is 0. The normalized spacial score (nSPS) is 11.5. The van der Waals surface area contributed by atoms with Gasteiger partial charge in [0.1, 0.15) is 5.82 Å². The van der Waals surface area contributed by atoms with Crippen LogP contribution in [0.25, 0.3) is 0 Å². The first-order valence-electron chi connectivity index (χ1n) is 6.13. The molecular weight excluding hydrogens is 282 g/mol. The van der Waals surface area contributed by atoms with E-state index in [1.807, 2.05) is 36.4 Å². The van der Waals surface area contributed by atoms with Crippen LogP contribution in [0.1, 0.15) is 11.1 Å². The van der Waals surface area contributed by atoms with Crippen molar-refractivity contribution in [2.45, 2.75) is 11.8 Å². The van der Waals surface area contributed by atoms with Crippen LogP contribution in [0, 0.1) is 5.82 Å². The van der Waals surface area contributed by atoms with Gasteiger partial charge in [-0.25, -0.2) is 4.39 Å². The van der Waals surface area contributed by atoms with Crippen LogP contribution in [0.4, 0.5) is 4.39 Å². The third-order valence-electron chi connectivity index (χ3n) is 3.38. The second-order valence-electron chi connectivity index (χ2n) is 4.68. The summed E-state index contributed by atoms with van der Waals surface area (Å²) in [7, 11) is 0. The quantitative estimate of drug-likeness (QED) is 0.696. The van der Waals surface area contributed by atoms with Gasteiger partial charge in [0.25, 0.3) is 0 Å². The van der Waals surface area contributed by atoms with E-state index in [-0.39, 0.29) is 5.82 Å². The Labute approximate surface area is 123 Å². The zero-order valence-electron chi connectivity index (χ0n) is 10.5. The molecule has 0 bridgehead atoms. The Morgan fingerprint density at radius 3 is 2.00 bits per heavy atom. The maximum absolute atomic E-state index is 13.8. The van der Waals surface area contributed by atoms with Crippen molar-refractivity contribution in [1.29, 1.82) is 0 Å². The SMILES string of the molecule is Fc1ccccc1CC(CCl)(CCl)c1ccccc1. The maximum atomic E-state index is 13.8. The summed E-state index contributed by atoms with van der Waals surface area (Å²) in [5.41, 5.74) is 1.25. The number of rotatable bonds is 5. The van der Waals surface area contributed by atoms with E-state index in [4.69, 9.17) is 23.2 Å². The lowest BCUT2D eigenvalue weighted by molar-refractivity contribution is 0.512. The van der Waals surface area contributed by atoms with E-state index in [9.17, 15) is 4.39 Å². The first-order chi connectivity index (χ1) is 9.22. The Bertz CT molecular complexity index is 521. The number of benzene rings is 2. The van der Waals surface area contributed by atoms with Crippen LogP contribution in [0.5, 0.6) is 0 Å². The molecule has 0 unspecified atom stereocenters. The minimum atomic E-state index is -0.438. The Balaban J connectivity index is 2.38. The summed E-state index contributed by atoms with van der Waals surface area (Å²) in [6.07, 6.45) is 0.497. The van der Waals surface area contributed by atoms with Crippen molar-refractivity contribution < 1.29 is 4.39 Å². The van der Waals surface area contributed by atoms with Gasteiger partial charge in [0.2, 0.25) is 0 Å². The van der Waals surface area contributed by atoms with E-state index in [0.717, 1.165) is 5.56 Å². The third-order valence-corrected chi connectivity index (χ3v) is 4.41. The summed E-state index contributed by atoms with van der Waals surface area (Å²) in [5.74, 6) is 0.502. The predicted molar refractivity (Wildman–Crippen MR) is 79.7 cm³/mol. The lowest BCUT2D eigenvalue weighted by Crippen LogP contribution is -2.33. The topological polar surface area (TPSA) is 0 Å². The van der Waals surface area contributed by atoms with Gasteiger partial charge >= 0.3 is 0 Å². The van der Waals surface area contributed by atoms with E-state index in [2.05, 4.69) is 0 Å². The van der Waals surface area contributed by atoms with Crippen molar-refractivity contribution in [1.82, 2.24) is 0 Å². The van der Waals surface area contributed by atoms with Crippen LogP contribution in [-0.2, 0) is 11.8 Å². The molecule has 0 spiro atoms. The molecule has 3 heteroatoms. The molecule has 0 saturated heterocycles. The van der Waals surface area contributed by atoms with Crippen molar-refractivity contribution in [3.63, 3.8) is 0 Å². The van der Waals surface area contributed by atoms with Gasteiger partial charge in [-0.3, -0.25) is 0 Å². The van der Waals surface area contributed by atoms with E-state index >= 15 is 0 Å². The highest BCUT2D eigenvalue weighted by Gasteiger charge is 2.31. The van der Waals surface area contributed by atoms with E-state index in [0.29, 0.717) is 23.7 Å². The van der Waals surface area contributed by atoms with Crippen LogP contribution in [0.15, 0.2) is 54.6 Å². The molecule has 0 atom stereocenters. The fraction of sp³-hybridized carbons (Fsp3) is 0.250. The fourth-order valence-electron chi connectivity index (χ4n) is 2.18. The number of hydrogen-bond acceptors (Lipinski definition) is 0. The van der Waals surface area contributed by atoms with Gasteiger partial charge in [-0.15, -0.1) is 23.2 Å². The van der Waals surface area contributed by atoms with E-state index in [1.165, 1.54) is 6.07 Å². The van der Waals surface area contributed by atoms with Crippen LogP contribution >= 0.6 is 23.2 Å². The minimum Gasteiger partial charge on any atom is -0.207 e. The molecule has 2 aromatic carbocycles. The molecule has 100 valence electrons. The first-order valence-corrected chi connectivity index (χ1v) is 7.19. The molecular formula is C16H15Cl2F. The highest BCUT2D eigenvalue weighted by molar-refractivity contribution is 6.22. The van der Waals surface area contributed by atoms with Gasteiger partial charge in [-0.05, 0) is 23.6 Å². The second kappa shape index (κ2) is 6.40. The van der Waals surface area contributed by atoms with Gasteiger partial charge < -0.3 is 0 Å². The monoisotopic (exact) mass is 296 g/mol. The van der Waals surface area contributed by atoms with Crippen molar-refractivity contribution in [2.75, 3.05) is 11.8 Å². The van der Waals surface area contributed by atoms with Gasteiger partial charge in [-0.2, -0.15) is 0 Å². The summed E-state index contributed by atoms with van der Waals surface area (Å²) in [6.45, 7) is 0. The maximum Gasteiger partial charge on any atom is 0.126 e. The fourth-order valence-corrected chi connectivity index (χ4v) is 2.97. The summed E-state index contributed by atoms with van der Waals surface area (Å²) < 4.78 is 13.8. The third kappa shape index (κ3) is 3.10. The summed E-state index contributed by atoms with van der Waals surface area (Å²) in [6, 6.07) is 16.6. The lowest BCUT2D eigenvalue weighted by Gasteiger charge is -2.30. The first kappa shape index (κ1) is 14.4. The smallest absolute Gasteiger partial charge is 0.126 e. The summed E-state index contributed by atoms with van der Waals surface area (Å²) >= 11 is 12.3. The Kier molecular flexibility index (Phi) is 4.84. The zero-order valence-corrected chi connectivity index (χ0v) is 12.0. The van der Waals surface area contributed by atoms with E-state index in [1.54, 1.807) is 12.1 Å². The minimum absolute atomic E-state index is 0.210. The van der Waals surface area contributed by atoms with Crippen LogP contribution in [0.2, 0.25) is 0 Å². The molecule has 0 radical (unpaired) electrons. The highest BCUT2D eigenvalue weighted by atomic mass is 35.5. The van der Waals surface area contributed by atoms with Gasteiger partial charge in [0.05, 0.1) is 0 Å². The van der Waals surface area contributed by atoms with Crippen molar-refractivity contribution >= 4 is 23.2 Å². The molecule has 0 fully saturated rings. The summed E-state index contributed by atoms with van der Waals surface area (Å²) in [5, 5.41) is 0. The Morgan fingerprint density at radius 1 is 0.842 bits per heavy atom. The van der Waals surface area contributed by atoms with Crippen molar-refractivity contribution in [2.24, 2.45) is 0 Å². The Morgan fingerprint density at radius 2 is 1.42 bits per heavy atom. The standard InChI is InChI=1S/C16H15Cl2F/c17-11-16(12-18,14-7-2-1-3-8-14)10-13-6-4-5-9-15(13)19/h1-9H,10-12H2. The molecule has 0 saturated carbocycles. The highest BCUT2D eigenvalue weighted by Crippen LogP contribution is 2.32. The van der Waals surface area contributed by atoms with Gasteiger partial charge in [-0.1, -0.05) is 48.5 Å². The largest absolute Gasteiger partial charge is 0.207 e. The number of halogens is 3. The molecule has 19 heavy (non-hydrogen) atoms. The van der Waals surface area contributed by atoms with Crippen LogP contribution < -0.4 is 0 Å². The van der Waals surface area contributed by atoms with Gasteiger partial charge in [0.15, 0.2) is 0 Å². The molecule has 0 amide bonds. The van der Waals surface area contributed by atoms with E-state index < -0.39 is 5.41 Å². The molecule has 2 aromatic rings. The predicted octanol–water partition coefficient (Wildman–Crippen LogP) is 4.78. The van der Waals surface area contributed by atoms with Crippen LogP contribution in [-0.4, -0.2) is 11.8 Å². The molecule has 0 aromatic heterocycles. The number of alkyl halides is 2. The molecule has 2 rings (SSSR count). The average Bonchev–Trinajstić information content (AvgIpc) is 2.48. The zero-order chi connectivity index (χ0) is 13.7. The second-order valence-corrected chi connectivity index (χ2v) is 5.22. The Hall–Kier alpha value is -1.05.